The molecule has 0 spiro atoms. The van der Waals surface area contributed by atoms with Crippen LogP contribution in [0.2, 0.25) is 0 Å². The summed E-state index contributed by atoms with van der Waals surface area (Å²) in [5, 5.41) is 10.6. The van der Waals surface area contributed by atoms with E-state index in [0.29, 0.717) is 0 Å². The van der Waals surface area contributed by atoms with Crippen molar-refractivity contribution in [2.45, 2.75) is 18.4 Å². The van der Waals surface area contributed by atoms with Crippen LogP contribution in [-0.4, -0.2) is 69.6 Å². The number of hydrogen-bond acceptors (Lipinski definition) is 13. The van der Waals surface area contributed by atoms with Gasteiger partial charge in [-0.2, -0.15) is 13.6 Å². The minimum absolute atomic E-state index is 0.0374. The Morgan fingerprint density at radius 2 is 1.85 bits per heavy atom. The van der Waals surface area contributed by atoms with Gasteiger partial charge in [0.25, 0.3) is 5.56 Å². The lowest BCUT2D eigenvalue weighted by atomic mass is 9.99. The predicted molar refractivity (Wildman–Crippen MR) is 105 cm³/mol. The first-order valence-electron chi connectivity index (χ1n) is 8.67. The third kappa shape index (κ3) is 6.12. The number of nitrogen functional groups attached to an aromatic ring is 1. The Bertz CT molecular complexity index is 1230. The van der Waals surface area contributed by atoms with E-state index in [9.17, 15) is 33.4 Å². The summed E-state index contributed by atoms with van der Waals surface area (Å²) in [4.78, 5) is 57.9. The number of phosphoric acid groups is 3. The van der Waals surface area contributed by atoms with E-state index in [-0.39, 0.29) is 23.7 Å². The highest BCUT2D eigenvalue weighted by Gasteiger charge is 2.47. The quantitative estimate of drug-likeness (QED) is 0.159. The number of nitrogens with two attached hydrogens (primary N) is 2. The molecule has 0 saturated carbocycles. The Morgan fingerprint density at radius 3 is 2.45 bits per heavy atom. The minimum atomic E-state index is -5.70. The van der Waals surface area contributed by atoms with Gasteiger partial charge in [0.1, 0.15) is 6.10 Å². The van der Waals surface area contributed by atoms with Gasteiger partial charge in [0, 0.05) is 12.5 Å². The second kappa shape index (κ2) is 9.24. The SMILES string of the molecule is NC[C@H]1[C@@H](O)[C@H](n2cnc3c(=O)[nH]c(N)nc32)O[C@@H]1COP(=O)(O)OP(=O)(O)OP(=O)(O)O. The summed E-state index contributed by atoms with van der Waals surface area (Å²) in [7, 11) is -16.7. The normalized spacial score (nSPS) is 27.5. The smallest absolute Gasteiger partial charge is 0.388 e. The summed E-state index contributed by atoms with van der Waals surface area (Å²) >= 11 is 0. The molecule has 0 amide bonds. The lowest BCUT2D eigenvalue weighted by molar-refractivity contribution is -0.0486. The van der Waals surface area contributed by atoms with Crippen LogP contribution >= 0.6 is 23.5 Å². The van der Waals surface area contributed by atoms with Crippen molar-refractivity contribution >= 4 is 40.6 Å². The molecule has 1 fully saturated rings. The zero-order valence-electron chi connectivity index (χ0n) is 16.1. The fourth-order valence-electron chi connectivity index (χ4n) is 3.08. The number of H-pyrrole nitrogens is 1. The molecule has 19 nitrogen and oxygen atoms in total. The summed E-state index contributed by atoms with van der Waals surface area (Å²) < 4.78 is 52.6. The third-order valence-electron chi connectivity index (χ3n) is 4.34. The molecule has 2 aromatic heterocycles. The van der Waals surface area contributed by atoms with E-state index < -0.39 is 60.0 Å². The summed E-state index contributed by atoms with van der Waals surface area (Å²) in [5.41, 5.74) is 10.4. The fraction of sp³-hybridized carbons (Fsp3) is 0.545. The van der Waals surface area contributed by atoms with E-state index >= 15 is 0 Å². The number of anilines is 1. The van der Waals surface area contributed by atoms with Crippen LogP contribution in [0.4, 0.5) is 5.95 Å². The molecule has 33 heavy (non-hydrogen) atoms. The van der Waals surface area contributed by atoms with Crippen LogP contribution in [0.15, 0.2) is 11.1 Å². The third-order valence-corrected chi connectivity index (χ3v) is 8.14. The number of nitrogens with zero attached hydrogens (tertiary/aromatic N) is 3. The monoisotopic (exact) mass is 536 g/mol. The molecule has 22 heteroatoms. The van der Waals surface area contributed by atoms with Gasteiger partial charge in [-0.3, -0.25) is 18.9 Å². The minimum Gasteiger partial charge on any atom is -0.388 e. The van der Waals surface area contributed by atoms with Crippen molar-refractivity contribution in [1.82, 2.24) is 19.5 Å². The first kappa shape index (κ1) is 26.1. The van der Waals surface area contributed by atoms with Crippen molar-refractivity contribution in [3.8, 4) is 0 Å². The maximum absolute atomic E-state index is 11.9. The van der Waals surface area contributed by atoms with E-state index in [4.69, 9.17) is 26.0 Å². The molecule has 0 aliphatic carbocycles. The number of ether oxygens (including phenoxy) is 1. The first-order chi connectivity index (χ1) is 15.1. The topological polar surface area (TPSA) is 305 Å². The summed E-state index contributed by atoms with van der Waals surface area (Å²) in [6.07, 6.45) is -2.66. The average Bonchev–Trinajstić information content (AvgIpc) is 3.17. The van der Waals surface area contributed by atoms with Crippen molar-refractivity contribution < 1.29 is 56.3 Å². The van der Waals surface area contributed by atoms with Gasteiger partial charge in [0.05, 0.1) is 19.0 Å². The fourth-order valence-corrected chi connectivity index (χ4v) is 6.11. The molecule has 6 atom stereocenters. The number of nitrogens with one attached hydrogen (secondary N) is 1. The van der Waals surface area contributed by atoms with Crippen molar-refractivity contribution in [2.75, 3.05) is 18.9 Å². The molecule has 2 aromatic rings. The number of aromatic nitrogens is 4. The van der Waals surface area contributed by atoms with E-state index in [1.807, 2.05) is 0 Å². The summed E-state index contributed by atoms with van der Waals surface area (Å²) in [6.45, 7) is -1.05. The van der Waals surface area contributed by atoms with Gasteiger partial charge in [-0.05, 0) is 0 Å². The van der Waals surface area contributed by atoms with Gasteiger partial charge in [-0.25, -0.2) is 18.7 Å². The van der Waals surface area contributed by atoms with E-state index in [1.54, 1.807) is 0 Å². The second-order valence-electron chi connectivity index (χ2n) is 6.62. The van der Waals surface area contributed by atoms with Crippen LogP contribution in [0.25, 0.3) is 11.2 Å². The van der Waals surface area contributed by atoms with E-state index in [2.05, 4.69) is 28.1 Å². The van der Waals surface area contributed by atoms with Gasteiger partial charge in [-0.15, -0.1) is 0 Å². The molecule has 0 bridgehead atoms. The van der Waals surface area contributed by atoms with Crippen molar-refractivity contribution in [3.05, 3.63) is 16.7 Å². The molecule has 186 valence electrons. The number of hydrogen-bond donors (Lipinski definition) is 8. The molecule has 1 aliphatic heterocycles. The zero-order chi connectivity index (χ0) is 24.8. The number of aromatic amines is 1. The molecule has 0 aromatic carbocycles. The zero-order valence-corrected chi connectivity index (χ0v) is 18.8. The largest absolute Gasteiger partial charge is 0.490 e. The van der Waals surface area contributed by atoms with Gasteiger partial charge in [-0.1, -0.05) is 0 Å². The van der Waals surface area contributed by atoms with Gasteiger partial charge in [0.15, 0.2) is 17.4 Å². The highest BCUT2D eigenvalue weighted by atomic mass is 31.3. The van der Waals surface area contributed by atoms with Gasteiger partial charge in [0.2, 0.25) is 5.95 Å². The number of aliphatic hydroxyl groups is 1. The molecular formula is C11H19N6O13P3. The van der Waals surface area contributed by atoms with Crippen LogP contribution in [0, 0.1) is 5.92 Å². The van der Waals surface area contributed by atoms with Crippen molar-refractivity contribution in [1.29, 1.82) is 0 Å². The molecular weight excluding hydrogens is 517 g/mol. The number of fused-ring (bicyclic) bond motifs is 1. The number of imidazole rings is 1. The molecule has 3 heterocycles. The predicted octanol–water partition coefficient (Wildman–Crippen LogP) is -2.12. The Hall–Kier alpha value is -1.56. The van der Waals surface area contributed by atoms with Gasteiger partial charge < -0.3 is 40.9 Å². The lowest BCUT2D eigenvalue weighted by Crippen LogP contribution is -2.34. The average molecular weight is 536 g/mol. The van der Waals surface area contributed by atoms with Crippen LogP contribution in [0.5, 0.6) is 0 Å². The maximum atomic E-state index is 11.9. The van der Waals surface area contributed by atoms with Gasteiger partial charge >= 0.3 is 23.5 Å². The number of aliphatic hydroxyl groups excluding tert-OH is 1. The molecule has 0 radical (unpaired) electrons. The maximum Gasteiger partial charge on any atom is 0.490 e. The molecule has 1 saturated heterocycles. The van der Waals surface area contributed by atoms with Crippen LogP contribution < -0.4 is 17.0 Å². The van der Waals surface area contributed by atoms with Crippen LogP contribution in [-0.2, 0) is 31.6 Å². The Balaban J connectivity index is 1.76. The van der Waals surface area contributed by atoms with E-state index in [1.165, 1.54) is 4.57 Å². The standard InChI is InChI=1S/C11H19N6O13P3/c12-1-4-5(2-27-32(23,24)30-33(25,26)29-31(20,21)22)28-10(7(4)18)17-3-14-6-8(17)15-11(13)16-9(6)19/h3-5,7,10,18H,1-2,12H2,(H,23,24)(H,25,26)(H2,20,21,22)(H3,13,15,16,19)/t4-,5-,7-,10-/m1/s1. The summed E-state index contributed by atoms with van der Waals surface area (Å²) in [6, 6.07) is 0. The Morgan fingerprint density at radius 1 is 1.18 bits per heavy atom. The first-order valence-corrected chi connectivity index (χ1v) is 13.2. The van der Waals surface area contributed by atoms with Crippen LogP contribution in [0.3, 0.4) is 0 Å². The molecule has 10 N–H and O–H groups in total. The number of phosphoric ester groups is 1. The van der Waals surface area contributed by atoms with Crippen molar-refractivity contribution in [3.63, 3.8) is 0 Å². The number of rotatable bonds is 9. The second-order valence-corrected chi connectivity index (χ2v) is 11.0. The Kier molecular flexibility index (Phi) is 7.29. The van der Waals surface area contributed by atoms with Crippen LogP contribution in [0.1, 0.15) is 6.23 Å². The summed E-state index contributed by atoms with van der Waals surface area (Å²) in [5.74, 6) is -1.15. The molecule has 1 aliphatic rings. The highest BCUT2D eigenvalue weighted by molar-refractivity contribution is 7.66. The van der Waals surface area contributed by atoms with Crippen molar-refractivity contribution in [2.24, 2.45) is 11.7 Å². The molecule has 3 rings (SSSR count). The Labute approximate surface area is 182 Å². The molecule has 2 unspecified atom stereocenters. The highest BCUT2D eigenvalue weighted by Crippen LogP contribution is 2.66. The lowest BCUT2D eigenvalue weighted by Gasteiger charge is -2.20. The van der Waals surface area contributed by atoms with E-state index in [0.717, 1.165) is 6.33 Å².